The minimum atomic E-state index is -0.198. The number of aromatic nitrogens is 2. The van der Waals surface area contributed by atoms with E-state index in [4.69, 9.17) is 0 Å². The molecule has 1 amide bonds. The Balaban J connectivity index is 1.46. The van der Waals surface area contributed by atoms with E-state index in [2.05, 4.69) is 9.97 Å². The fraction of sp³-hybridized carbons (Fsp3) is 0.421. The highest BCUT2D eigenvalue weighted by Crippen LogP contribution is 2.22. The normalized spacial score (nSPS) is 15.2. The van der Waals surface area contributed by atoms with Crippen LogP contribution in [0.15, 0.2) is 42.9 Å². The summed E-state index contributed by atoms with van der Waals surface area (Å²) >= 11 is 0. The largest absolute Gasteiger partial charge is 0.349 e. The van der Waals surface area contributed by atoms with Gasteiger partial charge in [0, 0.05) is 32.5 Å². The number of halogens is 1. The van der Waals surface area contributed by atoms with Gasteiger partial charge in [0.2, 0.25) is 5.91 Å². The van der Waals surface area contributed by atoms with E-state index in [-0.39, 0.29) is 11.7 Å². The Kier molecular flexibility index (Phi) is 5.58. The number of likely N-dealkylation sites (N-methyl/N-ethyl adjacent to an activating group) is 1. The SMILES string of the molecule is CN(CC(=O)N1CCC(Cc2ccc(F)cc2)CC1)c1cnccn1. The van der Waals surface area contributed by atoms with Crippen LogP contribution in [-0.4, -0.2) is 47.5 Å². The van der Waals surface area contributed by atoms with E-state index in [1.165, 1.54) is 12.1 Å². The third kappa shape index (κ3) is 4.75. The highest BCUT2D eigenvalue weighted by Gasteiger charge is 2.23. The van der Waals surface area contributed by atoms with Crippen molar-refractivity contribution in [1.82, 2.24) is 14.9 Å². The average molecular weight is 342 g/mol. The Morgan fingerprint density at radius 1 is 1.24 bits per heavy atom. The van der Waals surface area contributed by atoms with Crippen LogP contribution in [0.4, 0.5) is 10.2 Å². The molecule has 0 bridgehead atoms. The number of carbonyl (C=O) groups is 1. The van der Waals surface area contributed by atoms with Gasteiger partial charge in [-0.2, -0.15) is 0 Å². The summed E-state index contributed by atoms with van der Waals surface area (Å²) in [7, 11) is 1.85. The lowest BCUT2D eigenvalue weighted by molar-refractivity contribution is -0.131. The van der Waals surface area contributed by atoms with E-state index in [1.807, 2.05) is 29.0 Å². The average Bonchev–Trinajstić information content (AvgIpc) is 2.65. The lowest BCUT2D eigenvalue weighted by atomic mass is 9.90. The molecule has 1 saturated heterocycles. The van der Waals surface area contributed by atoms with Crippen LogP contribution in [0, 0.1) is 11.7 Å². The summed E-state index contributed by atoms with van der Waals surface area (Å²) in [5, 5.41) is 0. The van der Waals surface area contributed by atoms with Crippen LogP contribution >= 0.6 is 0 Å². The van der Waals surface area contributed by atoms with E-state index in [0.717, 1.165) is 37.9 Å². The fourth-order valence-electron chi connectivity index (χ4n) is 3.21. The van der Waals surface area contributed by atoms with Crippen molar-refractivity contribution in [3.8, 4) is 0 Å². The lowest BCUT2D eigenvalue weighted by Crippen LogP contribution is -2.43. The molecule has 3 rings (SSSR count). The quantitative estimate of drug-likeness (QED) is 0.838. The molecule has 25 heavy (non-hydrogen) atoms. The van der Waals surface area contributed by atoms with Crippen molar-refractivity contribution in [3.63, 3.8) is 0 Å². The van der Waals surface area contributed by atoms with E-state index < -0.39 is 0 Å². The molecular formula is C19H23FN4O. The van der Waals surface area contributed by atoms with Crippen molar-refractivity contribution in [2.45, 2.75) is 19.3 Å². The molecule has 1 aromatic heterocycles. The number of rotatable bonds is 5. The zero-order valence-electron chi connectivity index (χ0n) is 14.4. The summed E-state index contributed by atoms with van der Waals surface area (Å²) in [6.45, 7) is 1.86. The summed E-state index contributed by atoms with van der Waals surface area (Å²) in [6, 6.07) is 6.72. The number of hydrogen-bond acceptors (Lipinski definition) is 4. The highest BCUT2D eigenvalue weighted by molar-refractivity contribution is 5.81. The second kappa shape index (κ2) is 8.05. The standard InChI is InChI=1S/C19H23FN4O/c1-23(18-13-21-8-9-22-18)14-19(25)24-10-6-16(7-11-24)12-15-2-4-17(20)5-3-15/h2-5,8-9,13,16H,6-7,10-12,14H2,1H3. The summed E-state index contributed by atoms with van der Waals surface area (Å²) in [4.78, 5) is 24.5. The van der Waals surface area contributed by atoms with E-state index >= 15 is 0 Å². The number of anilines is 1. The maximum Gasteiger partial charge on any atom is 0.242 e. The molecule has 0 spiro atoms. The summed E-state index contributed by atoms with van der Waals surface area (Å²) in [5.74, 6) is 1.17. The first-order valence-electron chi connectivity index (χ1n) is 8.61. The van der Waals surface area contributed by atoms with Gasteiger partial charge in [-0.1, -0.05) is 12.1 Å². The molecule has 1 aliphatic rings. The van der Waals surface area contributed by atoms with Gasteiger partial charge >= 0.3 is 0 Å². The van der Waals surface area contributed by atoms with Crippen molar-refractivity contribution < 1.29 is 9.18 Å². The number of benzene rings is 1. The molecule has 1 aromatic carbocycles. The highest BCUT2D eigenvalue weighted by atomic mass is 19.1. The van der Waals surface area contributed by atoms with Crippen LogP contribution in [0.1, 0.15) is 18.4 Å². The smallest absolute Gasteiger partial charge is 0.242 e. The van der Waals surface area contributed by atoms with Crippen LogP contribution in [0.5, 0.6) is 0 Å². The van der Waals surface area contributed by atoms with Gasteiger partial charge in [0.1, 0.15) is 11.6 Å². The second-order valence-electron chi connectivity index (χ2n) is 6.57. The number of hydrogen-bond donors (Lipinski definition) is 0. The van der Waals surface area contributed by atoms with Gasteiger partial charge in [0.25, 0.3) is 0 Å². The predicted octanol–water partition coefficient (Wildman–Crippen LogP) is 2.53. The van der Waals surface area contributed by atoms with Crippen molar-refractivity contribution >= 4 is 11.7 Å². The monoisotopic (exact) mass is 342 g/mol. The van der Waals surface area contributed by atoms with Crippen molar-refractivity contribution in [3.05, 3.63) is 54.2 Å². The van der Waals surface area contributed by atoms with Crippen LogP contribution in [0.25, 0.3) is 0 Å². The first-order chi connectivity index (χ1) is 12.1. The van der Waals surface area contributed by atoms with Gasteiger partial charge in [0.15, 0.2) is 0 Å². The molecule has 6 heteroatoms. The Morgan fingerprint density at radius 2 is 1.96 bits per heavy atom. The fourth-order valence-corrected chi connectivity index (χ4v) is 3.21. The van der Waals surface area contributed by atoms with Crippen molar-refractivity contribution in [1.29, 1.82) is 0 Å². The van der Waals surface area contributed by atoms with Gasteiger partial charge in [-0.25, -0.2) is 9.37 Å². The van der Waals surface area contributed by atoms with Crippen molar-refractivity contribution in [2.75, 3.05) is 31.6 Å². The topological polar surface area (TPSA) is 49.3 Å². The van der Waals surface area contributed by atoms with E-state index in [1.54, 1.807) is 18.6 Å². The molecule has 0 saturated carbocycles. The zero-order chi connectivity index (χ0) is 17.6. The molecule has 1 fully saturated rings. The third-order valence-electron chi connectivity index (χ3n) is 4.72. The minimum absolute atomic E-state index is 0.119. The number of nitrogens with zero attached hydrogens (tertiary/aromatic N) is 4. The molecule has 1 aliphatic heterocycles. The van der Waals surface area contributed by atoms with Gasteiger partial charge in [-0.05, 0) is 42.9 Å². The Labute approximate surface area is 147 Å². The summed E-state index contributed by atoms with van der Waals surface area (Å²) in [6.07, 6.45) is 7.81. The van der Waals surface area contributed by atoms with Gasteiger partial charge in [-0.15, -0.1) is 0 Å². The molecule has 2 aromatic rings. The second-order valence-corrected chi connectivity index (χ2v) is 6.57. The Bertz CT molecular complexity index is 684. The predicted molar refractivity (Wildman–Crippen MR) is 94.7 cm³/mol. The van der Waals surface area contributed by atoms with Gasteiger partial charge in [0.05, 0.1) is 12.7 Å². The maximum atomic E-state index is 13.0. The van der Waals surface area contributed by atoms with E-state index in [0.29, 0.717) is 18.3 Å². The van der Waals surface area contributed by atoms with Crippen LogP contribution in [0.2, 0.25) is 0 Å². The lowest BCUT2D eigenvalue weighted by Gasteiger charge is -2.33. The number of likely N-dealkylation sites (tertiary alicyclic amines) is 1. The van der Waals surface area contributed by atoms with Crippen molar-refractivity contribution in [2.24, 2.45) is 5.92 Å². The maximum absolute atomic E-state index is 13.0. The molecule has 0 radical (unpaired) electrons. The van der Waals surface area contributed by atoms with Crippen LogP contribution in [0.3, 0.4) is 0 Å². The molecule has 132 valence electrons. The van der Waals surface area contributed by atoms with Crippen LogP contribution < -0.4 is 4.90 Å². The third-order valence-corrected chi connectivity index (χ3v) is 4.72. The molecule has 5 nitrogen and oxygen atoms in total. The van der Waals surface area contributed by atoms with Crippen LogP contribution in [-0.2, 0) is 11.2 Å². The molecule has 0 atom stereocenters. The number of amides is 1. The molecule has 0 unspecified atom stereocenters. The zero-order valence-corrected chi connectivity index (χ0v) is 14.4. The number of carbonyl (C=O) groups excluding carboxylic acids is 1. The minimum Gasteiger partial charge on any atom is -0.349 e. The summed E-state index contributed by atoms with van der Waals surface area (Å²) < 4.78 is 13.0. The van der Waals surface area contributed by atoms with Gasteiger partial charge in [-0.3, -0.25) is 9.78 Å². The van der Waals surface area contributed by atoms with Gasteiger partial charge < -0.3 is 9.80 Å². The molecular weight excluding hydrogens is 319 g/mol. The Hall–Kier alpha value is -2.50. The van der Waals surface area contributed by atoms with E-state index in [9.17, 15) is 9.18 Å². The molecule has 2 heterocycles. The summed E-state index contributed by atoms with van der Waals surface area (Å²) in [5.41, 5.74) is 1.16. The first-order valence-corrected chi connectivity index (χ1v) is 8.61. The first kappa shape index (κ1) is 17.3. The molecule has 0 aliphatic carbocycles. The molecule has 0 N–H and O–H groups in total. The number of piperidine rings is 1. The Morgan fingerprint density at radius 3 is 2.60 bits per heavy atom.